The monoisotopic (exact) mass is 395 g/mol. The van der Waals surface area contributed by atoms with Crippen LogP contribution in [0.1, 0.15) is 31.4 Å². The molecule has 28 heavy (non-hydrogen) atoms. The summed E-state index contributed by atoms with van der Waals surface area (Å²) in [5.41, 5.74) is 6.52. The van der Waals surface area contributed by atoms with Gasteiger partial charge in [-0.1, -0.05) is 54.1 Å². The quantitative estimate of drug-likeness (QED) is 0.503. The summed E-state index contributed by atoms with van der Waals surface area (Å²) in [6.07, 6.45) is 1.34. The molecule has 0 N–H and O–H groups in total. The Hall–Kier alpha value is -2.88. The molecular formula is C23H25NO3S. The van der Waals surface area contributed by atoms with Gasteiger partial charge in [-0.05, 0) is 44.0 Å². The number of hydrogen-bond donors (Lipinski definition) is 0. The van der Waals surface area contributed by atoms with Crippen LogP contribution in [0.3, 0.4) is 0 Å². The van der Waals surface area contributed by atoms with Crippen molar-refractivity contribution in [3.63, 3.8) is 0 Å². The van der Waals surface area contributed by atoms with Crippen LogP contribution in [-0.2, 0) is 14.8 Å². The average molecular weight is 396 g/mol. The summed E-state index contributed by atoms with van der Waals surface area (Å²) in [4.78, 5) is 13.1. The van der Waals surface area contributed by atoms with Crippen LogP contribution < -0.4 is 0 Å². The van der Waals surface area contributed by atoms with Crippen LogP contribution in [0, 0.1) is 6.92 Å². The normalized spacial score (nSPS) is 10.7. The fourth-order valence-corrected chi connectivity index (χ4v) is 4.06. The van der Waals surface area contributed by atoms with E-state index in [1.807, 2.05) is 51.1 Å². The molecule has 1 amide bonds. The third-order valence-electron chi connectivity index (χ3n) is 4.03. The van der Waals surface area contributed by atoms with E-state index in [1.54, 1.807) is 12.1 Å². The fourth-order valence-electron chi connectivity index (χ4n) is 2.69. The number of rotatable bonds is 7. The maximum absolute atomic E-state index is 13.0. The summed E-state index contributed by atoms with van der Waals surface area (Å²) in [6, 6.07) is 15.8. The first-order valence-corrected chi connectivity index (χ1v) is 10.4. The fraction of sp³-hybridized carbons (Fsp3) is 0.217. The zero-order chi connectivity index (χ0) is 20.7. The highest BCUT2D eigenvalue weighted by molar-refractivity contribution is 7.89. The van der Waals surface area contributed by atoms with Crippen LogP contribution in [0.25, 0.3) is 5.57 Å². The van der Waals surface area contributed by atoms with Crippen molar-refractivity contribution in [3.8, 4) is 0 Å². The summed E-state index contributed by atoms with van der Waals surface area (Å²) >= 11 is 0. The van der Waals surface area contributed by atoms with Crippen LogP contribution in [-0.4, -0.2) is 25.2 Å². The molecule has 2 aromatic carbocycles. The first-order chi connectivity index (χ1) is 13.3. The zero-order valence-corrected chi connectivity index (χ0v) is 17.3. The minimum atomic E-state index is -3.97. The Labute approximate surface area is 167 Å². The van der Waals surface area contributed by atoms with Crippen LogP contribution in [0.2, 0.25) is 0 Å². The van der Waals surface area contributed by atoms with E-state index in [-0.39, 0.29) is 17.9 Å². The van der Waals surface area contributed by atoms with Gasteiger partial charge >= 0.3 is 0 Å². The van der Waals surface area contributed by atoms with Crippen molar-refractivity contribution in [2.75, 3.05) is 6.54 Å². The van der Waals surface area contributed by atoms with Gasteiger partial charge in [-0.3, -0.25) is 4.79 Å². The molecule has 0 aliphatic carbocycles. The molecule has 0 aromatic heterocycles. The van der Waals surface area contributed by atoms with Gasteiger partial charge in [0.15, 0.2) is 0 Å². The molecule has 0 aliphatic heterocycles. The second-order valence-electron chi connectivity index (χ2n) is 6.68. The lowest BCUT2D eigenvalue weighted by Gasteiger charge is -2.21. The number of sulfonamides is 1. The largest absolute Gasteiger partial charge is 0.273 e. The minimum absolute atomic E-state index is 0.0753. The number of nitrogens with zero attached hydrogens (tertiary/aromatic N) is 1. The van der Waals surface area contributed by atoms with Crippen LogP contribution in [0.4, 0.5) is 0 Å². The Kier molecular flexibility index (Phi) is 7.16. The Balaban J connectivity index is 2.43. The lowest BCUT2D eigenvalue weighted by atomic mass is 10.0. The zero-order valence-electron chi connectivity index (χ0n) is 16.5. The summed E-state index contributed by atoms with van der Waals surface area (Å²) in [5, 5.41) is 0. The van der Waals surface area contributed by atoms with Crippen molar-refractivity contribution >= 4 is 21.5 Å². The predicted molar refractivity (Wildman–Crippen MR) is 113 cm³/mol. The molecule has 0 unspecified atom stereocenters. The molecule has 2 rings (SSSR count). The van der Waals surface area contributed by atoms with E-state index in [0.717, 1.165) is 21.0 Å². The Morgan fingerprint density at radius 2 is 1.68 bits per heavy atom. The van der Waals surface area contributed by atoms with Gasteiger partial charge in [0.25, 0.3) is 10.0 Å². The molecule has 0 saturated heterocycles. The molecule has 0 fully saturated rings. The number of hydrogen-bond acceptors (Lipinski definition) is 3. The lowest BCUT2D eigenvalue weighted by Crippen LogP contribution is -2.37. The van der Waals surface area contributed by atoms with E-state index in [4.69, 9.17) is 0 Å². The number of aryl methyl sites for hydroxylation is 1. The highest BCUT2D eigenvalue weighted by Crippen LogP contribution is 2.23. The maximum Gasteiger partial charge on any atom is 0.266 e. The van der Waals surface area contributed by atoms with Crippen LogP contribution >= 0.6 is 0 Å². The minimum Gasteiger partial charge on any atom is -0.273 e. The Morgan fingerprint density at radius 3 is 2.21 bits per heavy atom. The van der Waals surface area contributed by atoms with Crippen molar-refractivity contribution in [2.45, 2.75) is 32.1 Å². The van der Waals surface area contributed by atoms with Gasteiger partial charge in [0.2, 0.25) is 5.91 Å². The second-order valence-corrected chi connectivity index (χ2v) is 8.54. The molecule has 0 bridgehead atoms. The molecule has 0 radical (unpaired) electrons. The lowest BCUT2D eigenvalue weighted by molar-refractivity contribution is -0.125. The highest BCUT2D eigenvalue weighted by Gasteiger charge is 2.28. The SMILES string of the molecule is C=CCN(C(=O)CC(=C=C(C)C)c1ccccc1)S(=O)(=O)c1ccc(C)cc1. The van der Waals surface area contributed by atoms with Crippen LogP contribution in [0.15, 0.2) is 83.5 Å². The number of amides is 1. The van der Waals surface area contributed by atoms with Gasteiger partial charge in [-0.2, -0.15) is 0 Å². The van der Waals surface area contributed by atoms with Crippen molar-refractivity contribution in [1.82, 2.24) is 4.31 Å². The van der Waals surface area contributed by atoms with Gasteiger partial charge in [-0.25, -0.2) is 12.7 Å². The molecular weight excluding hydrogens is 370 g/mol. The molecule has 0 saturated carbocycles. The summed E-state index contributed by atoms with van der Waals surface area (Å²) in [6.45, 7) is 9.16. The van der Waals surface area contributed by atoms with Gasteiger partial charge < -0.3 is 0 Å². The summed E-state index contributed by atoms with van der Waals surface area (Å²) in [5.74, 6) is -0.520. The number of carbonyl (C=O) groups excluding carboxylic acids is 1. The Morgan fingerprint density at radius 1 is 1.07 bits per heavy atom. The van der Waals surface area contributed by atoms with Crippen molar-refractivity contribution in [3.05, 3.63) is 89.7 Å². The van der Waals surface area contributed by atoms with Crippen LogP contribution in [0.5, 0.6) is 0 Å². The van der Waals surface area contributed by atoms with E-state index < -0.39 is 15.9 Å². The van der Waals surface area contributed by atoms with Gasteiger partial charge in [0, 0.05) is 5.57 Å². The standard InChI is InChI=1S/C23H25NO3S/c1-5-15-24(28(26,27)22-13-11-19(4)12-14-22)23(25)17-21(16-18(2)3)20-9-7-6-8-10-20/h5-14H,1,15,17H2,2-4H3. The molecule has 146 valence electrons. The molecule has 0 spiro atoms. The van der Waals surface area contributed by atoms with E-state index >= 15 is 0 Å². The predicted octanol–water partition coefficient (Wildman–Crippen LogP) is 4.74. The number of carbonyl (C=O) groups is 1. The second kappa shape index (κ2) is 9.36. The molecule has 4 nitrogen and oxygen atoms in total. The molecule has 0 aliphatic rings. The average Bonchev–Trinajstić information content (AvgIpc) is 2.66. The molecule has 2 aromatic rings. The maximum atomic E-state index is 13.0. The van der Waals surface area contributed by atoms with Crippen molar-refractivity contribution in [1.29, 1.82) is 0 Å². The highest BCUT2D eigenvalue weighted by atomic mass is 32.2. The van der Waals surface area contributed by atoms with E-state index in [9.17, 15) is 13.2 Å². The first kappa shape index (κ1) is 21.4. The van der Waals surface area contributed by atoms with Crippen molar-refractivity contribution in [2.24, 2.45) is 0 Å². The van der Waals surface area contributed by atoms with Gasteiger partial charge in [-0.15, -0.1) is 12.3 Å². The third-order valence-corrected chi connectivity index (χ3v) is 5.83. The van der Waals surface area contributed by atoms with Gasteiger partial charge in [0.1, 0.15) is 0 Å². The first-order valence-electron chi connectivity index (χ1n) is 8.97. The van der Waals surface area contributed by atoms with Gasteiger partial charge in [0.05, 0.1) is 17.9 Å². The smallest absolute Gasteiger partial charge is 0.266 e. The van der Waals surface area contributed by atoms with E-state index in [0.29, 0.717) is 5.57 Å². The molecule has 0 heterocycles. The summed E-state index contributed by atoms with van der Waals surface area (Å²) in [7, 11) is -3.97. The third kappa shape index (κ3) is 5.32. The van der Waals surface area contributed by atoms with E-state index in [2.05, 4.69) is 12.3 Å². The number of benzene rings is 2. The summed E-state index contributed by atoms with van der Waals surface area (Å²) < 4.78 is 27.0. The topological polar surface area (TPSA) is 54.5 Å². The Bertz CT molecular complexity index is 1010. The van der Waals surface area contributed by atoms with E-state index in [1.165, 1.54) is 18.2 Å². The molecule has 5 heteroatoms. The molecule has 0 atom stereocenters. The van der Waals surface area contributed by atoms with Crippen molar-refractivity contribution < 1.29 is 13.2 Å².